The fraction of sp³-hybridized carbons (Fsp3) is 0.235. The van der Waals surface area contributed by atoms with Crippen LogP contribution in [0, 0.1) is 0 Å². The Morgan fingerprint density at radius 2 is 1.90 bits per heavy atom. The number of ether oxygens (including phenoxy) is 1. The number of fused-ring (bicyclic) bond motifs is 3. The molecule has 3 rings (SSSR count). The Morgan fingerprint density at radius 3 is 2.71 bits per heavy atom. The smallest absolute Gasteiger partial charge is 0.344 e. The van der Waals surface area contributed by atoms with E-state index in [1.54, 1.807) is 18.2 Å². The normalized spacial score (nSPS) is 11.1. The summed E-state index contributed by atoms with van der Waals surface area (Å²) in [6, 6.07) is 10.0. The van der Waals surface area contributed by atoms with Crippen LogP contribution in [0.2, 0.25) is 0 Å². The van der Waals surface area contributed by atoms with Gasteiger partial charge >= 0.3 is 5.63 Å². The average Bonchev–Trinajstić information content (AvgIpc) is 2.47. The van der Waals surface area contributed by atoms with Gasteiger partial charge in [-0.05, 0) is 36.8 Å². The maximum atomic E-state index is 12.0. The fourth-order valence-electron chi connectivity index (χ4n) is 2.32. The van der Waals surface area contributed by atoms with Gasteiger partial charge in [-0.25, -0.2) is 4.79 Å². The van der Waals surface area contributed by atoms with Crippen molar-refractivity contribution in [2.45, 2.75) is 19.8 Å². The third kappa shape index (κ3) is 2.57. The maximum Gasteiger partial charge on any atom is 0.344 e. The second kappa shape index (κ2) is 5.48. The Hall–Kier alpha value is -2.49. The number of benzene rings is 2. The quantitative estimate of drug-likeness (QED) is 0.449. The molecule has 1 N–H and O–H groups in total. The first-order valence-electron chi connectivity index (χ1n) is 7.01. The third-order valence-corrected chi connectivity index (χ3v) is 3.44. The molecular formula is C17H16O4. The molecule has 21 heavy (non-hydrogen) atoms. The summed E-state index contributed by atoms with van der Waals surface area (Å²) in [4.78, 5) is 12.0. The minimum absolute atomic E-state index is 0.123. The zero-order valence-electron chi connectivity index (χ0n) is 11.8. The van der Waals surface area contributed by atoms with Crippen molar-refractivity contribution < 1.29 is 14.3 Å². The Kier molecular flexibility index (Phi) is 3.52. The van der Waals surface area contributed by atoms with Crippen LogP contribution in [-0.4, -0.2) is 11.7 Å². The van der Waals surface area contributed by atoms with Crippen molar-refractivity contribution >= 4 is 21.7 Å². The van der Waals surface area contributed by atoms with Crippen molar-refractivity contribution in [3.8, 4) is 11.5 Å². The van der Waals surface area contributed by atoms with Crippen LogP contribution in [0.4, 0.5) is 0 Å². The Balaban J connectivity index is 2.14. The predicted octanol–water partition coefficient (Wildman–Crippen LogP) is 3.83. The first-order chi connectivity index (χ1) is 10.2. The molecule has 0 fully saturated rings. The van der Waals surface area contributed by atoms with Gasteiger partial charge in [0.2, 0.25) is 0 Å². The number of aromatic hydroxyl groups is 1. The van der Waals surface area contributed by atoms with E-state index < -0.39 is 5.63 Å². The predicted molar refractivity (Wildman–Crippen MR) is 82.1 cm³/mol. The van der Waals surface area contributed by atoms with Gasteiger partial charge in [-0.1, -0.05) is 13.3 Å². The molecule has 1 aromatic heterocycles. The minimum Gasteiger partial charge on any atom is -0.508 e. The van der Waals surface area contributed by atoms with E-state index in [4.69, 9.17) is 9.15 Å². The molecule has 0 aliphatic rings. The molecule has 4 heteroatoms. The van der Waals surface area contributed by atoms with Gasteiger partial charge in [0, 0.05) is 16.8 Å². The topological polar surface area (TPSA) is 59.7 Å². The molecule has 108 valence electrons. The van der Waals surface area contributed by atoms with E-state index in [1.807, 2.05) is 12.1 Å². The van der Waals surface area contributed by atoms with Crippen molar-refractivity contribution in [2.75, 3.05) is 6.61 Å². The molecule has 0 saturated carbocycles. The number of phenols is 1. The lowest BCUT2D eigenvalue weighted by Gasteiger charge is -2.07. The number of hydrogen-bond donors (Lipinski definition) is 1. The van der Waals surface area contributed by atoms with Crippen LogP contribution in [0.3, 0.4) is 0 Å². The summed E-state index contributed by atoms with van der Waals surface area (Å²) in [5, 5.41) is 11.5. The zero-order valence-corrected chi connectivity index (χ0v) is 11.8. The first-order valence-corrected chi connectivity index (χ1v) is 7.01. The minimum atomic E-state index is -0.414. The SMILES string of the molecule is CCCCOc1ccc2c(c1)oc(=O)c1ccc(O)cc12. The van der Waals surface area contributed by atoms with Crippen molar-refractivity contribution in [3.05, 3.63) is 46.8 Å². The molecule has 4 nitrogen and oxygen atoms in total. The summed E-state index contributed by atoms with van der Waals surface area (Å²) >= 11 is 0. The summed E-state index contributed by atoms with van der Waals surface area (Å²) in [6.45, 7) is 2.74. The van der Waals surface area contributed by atoms with Gasteiger partial charge in [-0.15, -0.1) is 0 Å². The van der Waals surface area contributed by atoms with E-state index in [2.05, 4.69) is 6.92 Å². The standard InChI is InChI=1S/C17H16O4/c1-2-3-8-20-12-5-7-13-15-9-11(18)4-6-14(15)17(19)21-16(13)10-12/h4-7,9-10,18H,2-3,8H2,1H3. The van der Waals surface area contributed by atoms with Gasteiger partial charge in [0.15, 0.2) is 0 Å². The Labute approximate surface area is 121 Å². The molecule has 0 bridgehead atoms. The molecule has 2 aromatic carbocycles. The highest BCUT2D eigenvalue weighted by Crippen LogP contribution is 2.28. The van der Waals surface area contributed by atoms with E-state index in [-0.39, 0.29) is 5.75 Å². The number of rotatable bonds is 4. The zero-order chi connectivity index (χ0) is 14.8. The summed E-state index contributed by atoms with van der Waals surface area (Å²) in [5.74, 6) is 0.802. The number of hydrogen-bond acceptors (Lipinski definition) is 4. The molecule has 3 aromatic rings. The first kappa shape index (κ1) is 13.5. The summed E-state index contributed by atoms with van der Waals surface area (Å²) in [6.07, 6.45) is 2.04. The average molecular weight is 284 g/mol. The Morgan fingerprint density at radius 1 is 1.10 bits per heavy atom. The van der Waals surface area contributed by atoms with Crippen LogP contribution in [-0.2, 0) is 0 Å². The molecule has 0 unspecified atom stereocenters. The van der Waals surface area contributed by atoms with Gasteiger partial charge in [0.25, 0.3) is 0 Å². The van der Waals surface area contributed by atoms with Crippen LogP contribution in [0.5, 0.6) is 11.5 Å². The fourth-order valence-corrected chi connectivity index (χ4v) is 2.32. The molecule has 0 radical (unpaired) electrons. The van der Waals surface area contributed by atoms with Gasteiger partial charge in [-0.2, -0.15) is 0 Å². The summed E-state index contributed by atoms with van der Waals surface area (Å²) in [5.41, 5.74) is 0.0512. The highest BCUT2D eigenvalue weighted by molar-refractivity contribution is 6.05. The van der Waals surface area contributed by atoms with Crippen LogP contribution in [0.25, 0.3) is 21.7 Å². The lowest BCUT2D eigenvalue weighted by Crippen LogP contribution is -2.00. The monoisotopic (exact) mass is 284 g/mol. The molecule has 0 aliphatic heterocycles. The van der Waals surface area contributed by atoms with Crippen molar-refractivity contribution in [2.24, 2.45) is 0 Å². The summed E-state index contributed by atoms with van der Waals surface area (Å²) in [7, 11) is 0. The second-order valence-electron chi connectivity index (χ2n) is 4.98. The highest BCUT2D eigenvalue weighted by Gasteiger charge is 2.09. The molecule has 0 amide bonds. The lowest BCUT2D eigenvalue weighted by molar-refractivity contribution is 0.309. The molecular weight excluding hydrogens is 268 g/mol. The van der Waals surface area contributed by atoms with E-state index in [9.17, 15) is 9.90 Å². The van der Waals surface area contributed by atoms with Crippen LogP contribution in [0.1, 0.15) is 19.8 Å². The summed E-state index contributed by atoms with van der Waals surface area (Å²) < 4.78 is 11.0. The van der Waals surface area contributed by atoms with E-state index >= 15 is 0 Å². The van der Waals surface area contributed by atoms with Gasteiger partial charge in [0.05, 0.1) is 12.0 Å². The molecule has 0 spiro atoms. The van der Waals surface area contributed by atoms with E-state index in [0.717, 1.165) is 18.2 Å². The van der Waals surface area contributed by atoms with Crippen LogP contribution < -0.4 is 10.4 Å². The van der Waals surface area contributed by atoms with Gasteiger partial charge in [-0.3, -0.25) is 0 Å². The molecule has 0 saturated heterocycles. The van der Waals surface area contributed by atoms with Crippen LogP contribution >= 0.6 is 0 Å². The second-order valence-corrected chi connectivity index (χ2v) is 4.98. The van der Waals surface area contributed by atoms with E-state index in [1.165, 1.54) is 6.07 Å². The maximum absolute atomic E-state index is 12.0. The highest BCUT2D eigenvalue weighted by atomic mass is 16.5. The van der Waals surface area contributed by atoms with Crippen molar-refractivity contribution in [3.63, 3.8) is 0 Å². The number of unbranched alkanes of at least 4 members (excludes halogenated alkanes) is 1. The van der Waals surface area contributed by atoms with Crippen molar-refractivity contribution in [1.29, 1.82) is 0 Å². The van der Waals surface area contributed by atoms with Crippen molar-refractivity contribution in [1.82, 2.24) is 0 Å². The Bertz CT molecular complexity index is 848. The van der Waals surface area contributed by atoms with Gasteiger partial charge in [0.1, 0.15) is 17.1 Å². The van der Waals surface area contributed by atoms with E-state index in [0.29, 0.717) is 28.7 Å². The largest absolute Gasteiger partial charge is 0.508 e. The van der Waals surface area contributed by atoms with Gasteiger partial charge < -0.3 is 14.3 Å². The molecule has 1 heterocycles. The number of phenolic OH excluding ortho intramolecular Hbond substituents is 1. The lowest BCUT2D eigenvalue weighted by atomic mass is 10.1. The molecule has 0 atom stereocenters. The van der Waals surface area contributed by atoms with Crippen LogP contribution in [0.15, 0.2) is 45.6 Å². The molecule has 0 aliphatic carbocycles. The third-order valence-electron chi connectivity index (χ3n) is 3.44.